The van der Waals surface area contributed by atoms with Gasteiger partial charge in [0.2, 0.25) is 11.8 Å². The van der Waals surface area contributed by atoms with Crippen molar-refractivity contribution in [2.45, 2.75) is 52.5 Å². The zero-order valence-electron chi connectivity index (χ0n) is 9.93. The van der Waals surface area contributed by atoms with Crippen molar-refractivity contribution >= 4 is 11.8 Å². The van der Waals surface area contributed by atoms with Crippen molar-refractivity contribution in [3.8, 4) is 0 Å². The quantitative estimate of drug-likeness (QED) is 0.626. The summed E-state index contributed by atoms with van der Waals surface area (Å²) < 4.78 is 0. The maximum atomic E-state index is 11.4. The molecule has 88 valence electrons. The van der Waals surface area contributed by atoms with Gasteiger partial charge in [-0.3, -0.25) is 9.59 Å². The molecule has 15 heavy (non-hydrogen) atoms. The molecule has 1 atom stereocenters. The molecule has 0 aromatic rings. The number of unbranched alkanes of at least 4 members (excludes halogenated alkanes) is 3. The largest absolute Gasteiger partial charge is 0.354 e. The fraction of sp³-hybridized carbons (Fsp3) is 0.818. The average molecular weight is 214 g/mol. The van der Waals surface area contributed by atoms with Gasteiger partial charge in [-0.2, -0.15) is 0 Å². The third-order valence-corrected chi connectivity index (χ3v) is 2.14. The molecule has 0 saturated heterocycles. The van der Waals surface area contributed by atoms with Gasteiger partial charge >= 0.3 is 0 Å². The number of carbonyl (C=O) groups is 2. The summed E-state index contributed by atoms with van der Waals surface area (Å²) in [5, 5.41) is 5.34. The minimum Gasteiger partial charge on any atom is -0.354 e. The molecule has 0 aliphatic heterocycles. The van der Waals surface area contributed by atoms with Crippen LogP contribution in [0.4, 0.5) is 0 Å². The van der Waals surface area contributed by atoms with Gasteiger partial charge in [-0.05, 0) is 13.3 Å². The van der Waals surface area contributed by atoms with Crippen molar-refractivity contribution in [1.29, 1.82) is 0 Å². The number of amides is 2. The monoisotopic (exact) mass is 214 g/mol. The van der Waals surface area contributed by atoms with Crippen molar-refractivity contribution < 1.29 is 9.59 Å². The van der Waals surface area contributed by atoms with Crippen molar-refractivity contribution in [3.63, 3.8) is 0 Å². The van der Waals surface area contributed by atoms with E-state index >= 15 is 0 Å². The lowest BCUT2D eigenvalue weighted by atomic mass is 10.2. The van der Waals surface area contributed by atoms with Gasteiger partial charge in [0.15, 0.2) is 0 Å². The Labute approximate surface area is 91.8 Å². The van der Waals surface area contributed by atoms with E-state index < -0.39 is 6.04 Å². The van der Waals surface area contributed by atoms with Crippen LogP contribution in [-0.4, -0.2) is 24.4 Å². The fourth-order valence-corrected chi connectivity index (χ4v) is 1.29. The Balaban J connectivity index is 3.51. The van der Waals surface area contributed by atoms with Crippen LogP contribution in [-0.2, 0) is 9.59 Å². The van der Waals surface area contributed by atoms with Crippen molar-refractivity contribution in [2.24, 2.45) is 0 Å². The number of carbonyl (C=O) groups excluding carboxylic acids is 2. The molecule has 0 spiro atoms. The molecule has 2 N–H and O–H groups in total. The second-order valence-electron chi connectivity index (χ2n) is 3.77. The highest BCUT2D eigenvalue weighted by molar-refractivity contribution is 5.86. The van der Waals surface area contributed by atoms with Crippen molar-refractivity contribution in [1.82, 2.24) is 10.6 Å². The van der Waals surface area contributed by atoms with Crippen LogP contribution in [0.2, 0.25) is 0 Å². The van der Waals surface area contributed by atoms with Crippen LogP contribution in [0.15, 0.2) is 0 Å². The summed E-state index contributed by atoms with van der Waals surface area (Å²) in [4.78, 5) is 22.1. The lowest BCUT2D eigenvalue weighted by Gasteiger charge is -2.12. The number of rotatable bonds is 7. The van der Waals surface area contributed by atoms with E-state index in [1.54, 1.807) is 6.92 Å². The lowest BCUT2D eigenvalue weighted by Crippen LogP contribution is -2.44. The Morgan fingerprint density at radius 2 is 1.87 bits per heavy atom. The van der Waals surface area contributed by atoms with E-state index in [2.05, 4.69) is 17.6 Å². The van der Waals surface area contributed by atoms with Crippen LogP contribution in [0.5, 0.6) is 0 Å². The van der Waals surface area contributed by atoms with E-state index in [0.717, 1.165) is 12.8 Å². The molecular weight excluding hydrogens is 192 g/mol. The van der Waals surface area contributed by atoms with Crippen LogP contribution < -0.4 is 10.6 Å². The van der Waals surface area contributed by atoms with Gasteiger partial charge in [0.1, 0.15) is 6.04 Å². The fourth-order valence-electron chi connectivity index (χ4n) is 1.29. The third kappa shape index (κ3) is 7.97. The van der Waals surface area contributed by atoms with Crippen LogP contribution >= 0.6 is 0 Å². The summed E-state index contributed by atoms with van der Waals surface area (Å²) in [5.74, 6) is -0.287. The molecule has 0 fully saturated rings. The highest BCUT2D eigenvalue weighted by atomic mass is 16.2. The molecule has 2 amide bonds. The van der Waals surface area contributed by atoms with Gasteiger partial charge in [0, 0.05) is 13.5 Å². The molecular formula is C11H22N2O2. The summed E-state index contributed by atoms with van der Waals surface area (Å²) in [5.41, 5.74) is 0. The molecule has 0 aromatic heterocycles. The number of hydrogen-bond acceptors (Lipinski definition) is 2. The van der Waals surface area contributed by atoms with Gasteiger partial charge in [0.25, 0.3) is 0 Å². The van der Waals surface area contributed by atoms with Crippen LogP contribution in [0.1, 0.15) is 46.5 Å². The number of nitrogens with one attached hydrogen (secondary N) is 2. The minimum absolute atomic E-state index is 0.110. The van der Waals surface area contributed by atoms with Gasteiger partial charge in [-0.1, -0.05) is 26.2 Å². The zero-order chi connectivity index (χ0) is 11.7. The molecule has 0 aliphatic carbocycles. The van der Waals surface area contributed by atoms with Crippen LogP contribution in [0.3, 0.4) is 0 Å². The molecule has 0 rings (SSSR count). The van der Waals surface area contributed by atoms with E-state index in [9.17, 15) is 9.59 Å². The highest BCUT2D eigenvalue weighted by Gasteiger charge is 2.11. The van der Waals surface area contributed by atoms with Gasteiger partial charge < -0.3 is 10.6 Å². The molecule has 0 aliphatic rings. The normalized spacial score (nSPS) is 11.9. The van der Waals surface area contributed by atoms with Gasteiger partial charge in [-0.15, -0.1) is 0 Å². The van der Waals surface area contributed by atoms with E-state index in [-0.39, 0.29) is 11.8 Å². The maximum absolute atomic E-state index is 11.4. The summed E-state index contributed by atoms with van der Waals surface area (Å²) in [6.07, 6.45) is 4.55. The SMILES string of the molecule is CCCCCCNC(=O)[C@H](C)NC(C)=O. The lowest BCUT2D eigenvalue weighted by molar-refractivity contribution is -0.127. The van der Waals surface area contributed by atoms with Crippen molar-refractivity contribution in [3.05, 3.63) is 0 Å². The maximum Gasteiger partial charge on any atom is 0.242 e. The van der Waals surface area contributed by atoms with E-state index in [0.29, 0.717) is 6.54 Å². The first-order chi connectivity index (χ1) is 7.07. The first-order valence-electron chi connectivity index (χ1n) is 5.62. The van der Waals surface area contributed by atoms with Crippen LogP contribution in [0, 0.1) is 0 Å². The topological polar surface area (TPSA) is 58.2 Å². The smallest absolute Gasteiger partial charge is 0.242 e. The Morgan fingerprint density at radius 1 is 1.20 bits per heavy atom. The first kappa shape index (κ1) is 13.9. The van der Waals surface area contributed by atoms with Gasteiger partial charge in [0.05, 0.1) is 0 Å². The van der Waals surface area contributed by atoms with Crippen molar-refractivity contribution in [2.75, 3.05) is 6.54 Å². The number of hydrogen-bond donors (Lipinski definition) is 2. The molecule has 4 nitrogen and oxygen atoms in total. The van der Waals surface area contributed by atoms with E-state index in [4.69, 9.17) is 0 Å². The Bertz CT molecular complexity index is 205. The molecule has 0 bridgehead atoms. The van der Waals surface area contributed by atoms with Crippen LogP contribution in [0.25, 0.3) is 0 Å². The molecule has 0 unspecified atom stereocenters. The average Bonchev–Trinajstić information content (AvgIpc) is 2.16. The Morgan fingerprint density at radius 3 is 2.40 bits per heavy atom. The summed E-state index contributed by atoms with van der Waals surface area (Å²) in [6.45, 7) is 5.94. The molecule has 0 saturated carbocycles. The summed E-state index contributed by atoms with van der Waals surface area (Å²) in [7, 11) is 0. The second-order valence-corrected chi connectivity index (χ2v) is 3.77. The Kier molecular flexibility index (Phi) is 7.68. The molecule has 0 heterocycles. The highest BCUT2D eigenvalue weighted by Crippen LogP contribution is 1.97. The predicted octanol–water partition coefficient (Wildman–Crippen LogP) is 1.21. The Hall–Kier alpha value is -1.06. The molecule has 0 radical (unpaired) electrons. The molecule has 0 aromatic carbocycles. The summed E-state index contributed by atoms with van der Waals surface area (Å²) >= 11 is 0. The minimum atomic E-state index is -0.436. The summed E-state index contributed by atoms with van der Waals surface area (Å²) in [6, 6.07) is -0.436. The zero-order valence-corrected chi connectivity index (χ0v) is 9.93. The second kappa shape index (κ2) is 8.26. The predicted molar refractivity (Wildman–Crippen MR) is 60.4 cm³/mol. The third-order valence-electron chi connectivity index (χ3n) is 2.14. The molecule has 4 heteroatoms. The standard InChI is InChI=1S/C11H22N2O2/c1-4-5-6-7-8-12-11(15)9(2)13-10(3)14/h9H,4-8H2,1-3H3,(H,12,15)(H,13,14)/t9-/m0/s1. The van der Waals surface area contributed by atoms with E-state index in [1.807, 2.05) is 0 Å². The first-order valence-corrected chi connectivity index (χ1v) is 5.62. The van der Waals surface area contributed by atoms with Gasteiger partial charge in [-0.25, -0.2) is 0 Å². The van der Waals surface area contributed by atoms with E-state index in [1.165, 1.54) is 19.8 Å².